The minimum Gasteiger partial charge on any atom is -0.394 e. The molecule has 0 atom stereocenters. The van der Waals surface area contributed by atoms with Gasteiger partial charge in [-0.25, -0.2) is 0 Å². The molecule has 0 bridgehead atoms. The van der Waals surface area contributed by atoms with Gasteiger partial charge in [0.1, 0.15) is 0 Å². The average molecular weight is 278 g/mol. The lowest BCUT2D eigenvalue weighted by molar-refractivity contribution is 0.162. The van der Waals surface area contributed by atoms with Crippen molar-refractivity contribution in [1.82, 2.24) is 0 Å². The topological polar surface area (TPSA) is 49.7 Å². The minimum atomic E-state index is -0.125. The van der Waals surface area contributed by atoms with E-state index in [0.29, 0.717) is 0 Å². The fraction of sp³-hybridized carbons (Fsp3) is 0.750. The van der Waals surface area contributed by atoms with Crippen LogP contribution < -0.4 is 0 Å². The van der Waals surface area contributed by atoms with Gasteiger partial charge in [-0.2, -0.15) is 0 Å². The third-order valence-electron chi connectivity index (χ3n) is 1.01. The molecule has 0 aromatic carbocycles. The van der Waals surface area contributed by atoms with Gasteiger partial charge in [-0.3, -0.25) is 0 Å². The smallest absolute Gasteiger partial charge is 0.0662 e. The van der Waals surface area contributed by atoms with E-state index < -0.39 is 0 Å². The molecular formula is C16H38O3. The van der Waals surface area contributed by atoms with E-state index in [0.717, 1.165) is 13.2 Å². The van der Waals surface area contributed by atoms with E-state index in [1.54, 1.807) is 12.2 Å². The first kappa shape index (κ1) is 31.0. The second-order valence-corrected chi connectivity index (χ2v) is 3.05. The molecule has 0 aromatic heterocycles. The molecule has 0 aliphatic rings. The van der Waals surface area contributed by atoms with Crippen molar-refractivity contribution in [3.63, 3.8) is 0 Å². The first-order valence-corrected chi connectivity index (χ1v) is 7.01. The van der Waals surface area contributed by atoms with Gasteiger partial charge in [0, 0.05) is 13.2 Å². The van der Waals surface area contributed by atoms with E-state index in [2.05, 4.69) is 27.0 Å². The maximum Gasteiger partial charge on any atom is 0.0662 e. The summed E-state index contributed by atoms with van der Waals surface area (Å²) < 4.78 is 4.83. The van der Waals surface area contributed by atoms with Crippen LogP contribution in [-0.4, -0.2) is 36.6 Å². The van der Waals surface area contributed by atoms with Gasteiger partial charge in [0.15, 0.2) is 0 Å². The number of rotatable bonds is 4. The number of aliphatic hydroxyl groups excluding tert-OH is 2. The fourth-order valence-electron chi connectivity index (χ4n) is 0.204. The van der Waals surface area contributed by atoms with E-state index in [4.69, 9.17) is 14.9 Å². The van der Waals surface area contributed by atoms with E-state index >= 15 is 0 Å². The maximum atomic E-state index is 7.62. The highest BCUT2D eigenvalue weighted by Gasteiger charge is 1.64. The number of aliphatic hydroxyl groups is 2. The molecule has 120 valence electrons. The lowest BCUT2D eigenvalue weighted by Gasteiger charge is -1.86. The van der Waals surface area contributed by atoms with Crippen molar-refractivity contribution in [1.29, 1.82) is 0 Å². The molecule has 0 unspecified atom stereocenters. The third kappa shape index (κ3) is 363. The zero-order valence-electron chi connectivity index (χ0n) is 14.1. The van der Waals surface area contributed by atoms with E-state index in [1.807, 2.05) is 27.7 Å². The molecule has 0 heterocycles. The summed E-state index contributed by atoms with van der Waals surface area (Å²) in [4.78, 5) is 0. The molecule has 3 nitrogen and oxygen atoms in total. The summed E-state index contributed by atoms with van der Waals surface area (Å²) in [6.07, 6.45) is 6.14. The van der Waals surface area contributed by atoms with Crippen molar-refractivity contribution in [3.05, 3.63) is 25.3 Å². The highest BCUT2D eigenvalue weighted by molar-refractivity contribution is 4.51. The Morgan fingerprint density at radius 1 is 0.789 bits per heavy atom. The summed E-state index contributed by atoms with van der Waals surface area (Å²) in [6, 6.07) is 0. The summed E-state index contributed by atoms with van der Waals surface area (Å²) in [5.41, 5.74) is 0. The standard InChI is InChI=1S/C4H10O.C4H10.2C3H6.C2H6O2/c1-3-5-4-2;1-3-4-2;2*1-3-2;3-1-2-4/h3-4H2,1-2H3;3-4H2,1-2H3;2*3H,1H2,2H3;3-4H,1-2H2. The zero-order valence-corrected chi connectivity index (χ0v) is 14.1. The van der Waals surface area contributed by atoms with Gasteiger partial charge in [0.05, 0.1) is 13.2 Å². The largest absolute Gasteiger partial charge is 0.394 e. The Kier molecular flexibility index (Phi) is 108. The van der Waals surface area contributed by atoms with Crippen molar-refractivity contribution in [3.8, 4) is 0 Å². The Bertz CT molecular complexity index is 88.2. The van der Waals surface area contributed by atoms with Crippen LogP contribution in [-0.2, 0) is 4.74 Å². The second-order valence-electron chi connectivity index (χ2n) is 3.05. The Hall–Kier alpha value is -0.640. The summed E-state index contributed by atoms with van der Waals surface area (Å²) in [5.74, 6) is 0. The molecule has 0 aliphatic heterocycles. The molecule has 0 aliphatic carbocycles. The molecule has 0 rings (SSSR count). The minimum absolute atomic E-state index is 0.125. The van der Waals surface area contributed by atoms with Gasteiger partial charge in [0.25, 0.3) is 0 Å². The number of hydrogen-bond donors (Lipinski definition) is 2. The lowest BCUT2D eigenvalue weighted by atomic mass is 10.4. The van der Waals surface area contributed by atoms with Crippen molar-refractivity contribution >= 4 is 0 Å². The third-order valence-corrected chi connectivity index (χ3v) is 1.01. The van der Waals surface area contributed by atoms with E-state index in [9.17, 15) is 0 Å². The molecule has 0 spiro atoms. The van der Waals surface area contributed by atoms with Crippen LogP contribution in [0.4, 0.5) is 0 Å². The molecule has 0 radical (unpaired) electrons. The van der Waals surface area contributed by atoms with Crippen molar-refractivity contribution in [2.45, 2.75) is 54.4 Å². The highest BCUT2D eigenvalue weighted by Crippen LogP contribution is 1.76. The molecule has 19 heavy (non-hydrogen) atoms. The van der Waals surface area contributed by atoms with Crippen LogP contribution >= 0.6 is 0 Å². The highest BCUT2D eigenvalue weighted by atomic mass is 16.5. The van der Waals surface area contributed by atoms with E-state index in [1.165, 1.54) is 12.8 Å². The predicted octanol–water partition coefficient (Wildman–Crippen LogP) is 4.20. The second kappa shape index (κ2) is 66.5. The van der Waals surface area contributed by atoms with Gasteiger partial charge in [-0.15, -0.1) is 13.2 Å². The van der Waals surface area contributed by atoms with E-state index in [-0.39, 0.29) is 13.2 Å². The molecule has 0 saturated heterocycles. The van der Waals surface area contributed by atoms with Gasteiger partial charge in [0.2, 0.25) is 0 Å². The van der Waals surface area contributed by atoms with Crippen molar-refractivity contribution in [2.24, 2.45) is 0 Å². The molecule has 3 heteroatoms. The predicted molar refractivity (Wildman–Crippen MR) is 88.7 cm³/mol. The average Bonchev–Trinajstić information content (AvgIpc) is 2.42. The fourth-order valence-corrected chi connectivity index (χ4v) is 0.204. The van der Waals surface area contributed by atoms with Crippen LogP contribution in [0.3, 0.4) is 0 Å². The molecule has 2 N–H and O–H groups in total. The van der Waals surface area contributed by atoms with Crippen molar-refractivity contribution in [2.75, 3.05) is 26.4 Å². The number of ether oxygens (including phenoxy) is 1. The summed E-state index contributed by atoms with van der Waals surface area (Å²) in [6.45, 7) is 20.3. The Morgan fingerprint density at radius 2 is 1.00 bits per heavy atom. The summed E-state index contributed by atoms with van der Waals surface area (Å²) >= 11 is 0. The van der Waals surface area contributed by atoms with Gasteiger partial charge >= 0.3 is 0 Å². The van der Waals surface area contributed by atoms with Crippen LogP contribution in [0, 0.1) is 0 Å². The molecular weight excluding hydrogens is 240 g/mol. The van der Waals surface area contributed by atoms with Crippen LogP contribution in [0.15, 0.2) is 25.3 Å². The molecule has 0 amide bonds. The first-order chi connectivity index (χ1) is 9.07. The number of allylic oxidation sites excluding steroid dienone is 2. The number of hydrogen-bond acceptors (Lipinski definition) is 3. The van der Waals surface area contributed by atoms with Crippen LogP contribution in [0.2, 0.25) is 0 Å². The van der Waals surface area contributed by atoms with Crippen LogP contribution in [0.25, 0.3) is 0 Å². The maximum absolute atomic E-state index is 7.62. The van der Waals surface area contributed by atoms with Crippen LogP contribution in [0.5, 0.6) is 0 Å². The Balaban J connectivity index is -0.0000000437. The normalized spacial score (nSPS) is 6.74. The van der Waals surface area contributed by atoms with Gasteiger partial charge < -0.3 is 14.9 Å². The lowest BCUT2D eigenvalue weighted by Crippen LogP contribution is -1.85. The summed E-state index contributed by atoms with van der Waals surface area (Å²) in [5, 5.41) is 15.2. The zero-order chi connectivity index (χ0) is 16.4. The van der Waals surface area contributed by atoms with Gasteiger partial charge in [-0.1, -0.05) is 38.8 Å². The SMILES string of the molecule is C=CC.C=CC.CCCC.CCOCC.OCCO. The molecule has 0 saturated carbocycles. The summed E-state index contributed by atoms with van der Waals surface area (Å²) in [7, 11) is 0. The van der Waals surface area contributed by atoms with Crippen LogP contribution in [0.1, 0.15) is 54.4 Å². The number of unbranched alkanes of at least 4 members (excludes halogenated alkanes) is 1. The first-order valence-electron chi connectivity index (χ1n) is 7.01. The van der Waals surface area contributed by atoms with Gasteiger partial charge in [-0.05, 0) is 27.7 Å². The monoisotopic (exact) mass is 278 g/mol. The van der Waals surface area contributed by atoms with Crippen molar-refractivity contribution < 1.29 is 14.9 Å². The Morgan fingerprint density at radius 3 is 1.00 bits per heavy atom. The quantitative estimate of drug-likeness (QED) is 0.758. The molecule has 0 fully saturated rings. The Labute approximate surface area is 122 Å². The molecule has 0 aromatic rings.